The smallest absolute Gasteiger partial charge is 0.302 e. The Kier molecular flexibility index (Phi) is 5.42. The van der Waals surface area contributed by atoms with E-state index >= 15 is 0 Å². The summed E-state index contributed by atoms with van der Waals surface area (Å²) in [5.41, 5.74) is 4.08. The van der Waals surface area contributed by atoms with Crippen LogP contribution in [0.15, 0.2) is 24.3 Å². The highest BCUT2D eigenvalue weighted by Crippen LogP contribution is 2.36. The van der Waals surface area contributed by atoms with Gasteiger partial charge >= 0.3 is 5.97 Å². The van der Waals surface area contributed by atoms with Gasteiger partial charge in [-0.05, 0) is 25.1 Å². The average molecular weight is 431 g/mol. The standard InChI is InChI=1S/C21H23ClN4O4/c1-12-20(14-5-6-17(28-3)18(9-14)29-4)26-21(23-12)16(10-19(22)24-26)25-8-7-15(11-25)30-13(2)27/h5-6,9-10,15H,7-8,11H2,1-4H3/t15-/m1/s1. The average Bonchev–Trinajstić information content (AvgIpc) is 3.30. The maximum Gasteiger partial charge on any atom is 0.302 e. The van der Waals surface area contributed by atoms with E-state index in [0.717, 1.165) is 35.6 Å². The zero-order chi connectivity index (χ0) is 21.4. The van der Waals surface area contributed by atoms with Crippen molar-refractivity contribution in [3.8, 4) is 22.8 Å². The molecule has 158 valence electrons. The molecule has 0 amide bonds. The van der Waals surface area contributed by atoms with Gasteiger partial charge in [-0.25, -0.2) is 9.50 Å². The van der Waals surface area contributed by atoms with Crippen molar-refractivity contribution in [1.82, 2.24) is 14.6 Å². The van der Waals surface area contributed by atoms with Crippen LogP contribution < -0.4 is 14.4 Å². The second-order valence-electron chi connectivity index (χ2n) is 7.17. The van der Waals surface area contributed by atoms with E-state index in [-0.39, 0.29) is 12.1 Å². The van der Waals surface area contributed by atoms with Gasteiger partial charge in [0.1, 0.15) is 6.10 Å². The molecule has 0 spiro atoms. The molecule has 30 heavy (non-hydrogen) atoms. The number of hydrogen-bond acceptors (Lipinski definition) is 7. The minimum absolute atomic E-state index is 0.143. The number of anilines is 1. The van der Waals surface area contributed by atoms with E-state index in [0.29, 0.717) is 28.8 Å². The van der Waals surface area contributed by atoms with Crippen molar-refractivity contribution in [1.29, 1.82) is 0 Å². The minimum Gasteiger partial charge on any atom is -0.493 e. The Morgan fingerprint density at radius 3 is 2.67 bits per heavy atom. The Labute approximate surface area is 179 Å². The molecule has 1 atom stereocenters. The Balaban J connectivity index is 1.79. The third-order valence-corrected chi connectivity index (χ3v) is 5.37. The van der Waals surface area contributed by atoms with Gasteiger partial charge in [0.15, 0.2) is 22.3 Å². The number of methoxy groups -OCH3 is 2. The molecule has 4 rings (SSSR count). The van der Waals surface area contributed by atoms with Gasteiger partial charge in [-0.1, -0.05) is 11.6 Å². The first-order valence-electron chi connectivity index (χ1n) is 9.61. The van der Waals surface area contributed by atoms with Gasteiger partial charge in [0.25, 0.3) is 0 Å². The lowest BCUT2D eigenvalue weighted by Gasteiger charge is -2.19. The van der Waals surface area contributed by atoms with Crippen LogP contribution in [0.5, 0.6) is 11.5 Å². The molecule has 2 aromatic heterocycles. The normalized spacial score (nSPS) is 16.2. The lowest BCUT2D eigenvalue weighted by Crippen LogP contribution is -2.24. The van der Waals surface area contributed by atoms with Crippen molar-refractivity contribution < 1.29 is 19.0 Å². The van der Waals surface area contributed by atoms with Crippen LogP contribution in [0.4, 0.5) is 5.69 Å². The molecule has 1 aliphatic rings. The number of aryl methyl sites for hydroxylation is 1. The zero-order valence-electron chi connectivity index (χ0n) is 17.3. The van der Waals surface area contributed by atoms with Gasteiger partial charge in [-0.3, -0.25) is 4.79 Å². The number of esters is 1. The van der Waals surface area contributed by atoms with Crippen molar-refractivity contribution in [3.05, 3.63) is 35.1 Å². The first-order chi connectivity index (χ1) is 14.4. The lowest BCUT2D eigenvalue weighted by atomic mass is 10.1. The summed E-state index contributed by atoms with van der Waals surface area (Å²) in [7, 11) is 3.20. The maximum atomic E-state index is 11.3. The summed E-state index contributed by atoms with van der Waals surface area (Å²) in [5, 5.41) is 4.86. The van der Waals surface area contributed by atoms with Gasteiger partial charge in [0, 0.05) is 31.5 Å². The number of carbonyl (C=O) groups is 1. The Morgan fingerprint density at radius 2 is 1.97 bits per heavy atom. The van der Waals surface area contributed by atoms with Crippen LogP contribution in [0.25, 0.3) is 16.9 Å². The van der Waals surface area contributed by atoms with Crippen LogP contribution in [0.3, 0.4) is 0 Å². The molecule has 0 radical (unpaired) electrons. The van der Waals surface area contributed by atoms with E-state index in [9.17, 15) is 4.79 Å². The molecular weight excluding hydrogens is 408 g/mol. The summed E-state index contributed by atoms with van der Waals surface area (Å²) in [5.74, 6) is 0.996. The highest BCUT2D eigenvalue weighted by molar-refractivity contribution is 6.29. The fraction of sp³-hybridized carbons (Fsp3) is 0.381. The molecule has 0 N–H and O–H groups in total. The van der Waals surface area contributed by atoms with Gasteiger partial charge in [0.05, 0.1) is 37.8 Å². The predicted molar refractivity (Wildman–Crippen MR) is 114 cm³/mol. The van der Waals surface area contributed by atoms with Crippen molar-refractivity contribution >= 4 is 28.9 Å². The molecule has 8 nitrogen and oxygen atoms in total. The summed E-state index contributed by atoms with van der Waals surface area (Å²) >= 11 is 6.38. The highest BCUT2D eigenvalue weighted by atomic mass is 35.5. The number of hydrogen-bond donors (Lipinski definition) is 0. The third kappa shape index (κ3) is 3.63. The molecular formula is C21H23ClN4O4. The zero-order valence-corrected chi connectivity index (χ0v) is 18.1. The molecule has 1 aliphatic heterocycles. The number of benzene rings is 1. The van der Waals surface area contributed by atoms with Crippen molar-refractivity contribution in [2.24, 2.45) is 0 Å². The van der Waals surface area contributed by atoms with Gasteiger partial charge in [-0.2, -0.15) is 5.10 Å². The van der Waals surface area contributed by atoms with Crippen LogP contribution in [-0.4, -0.2) is 54.0 Å². The van der Waals surface area contributed by atoms with Crippen LogP contribution in [0, 0.1) is 6.92 Å². The Morgan fingerprint density at radius 1 is 1.20 bits per heavy atom. The molecule has 3 heterocycles. The first-order valence-corrected chi connectivity index (χ1v) is 9.99. The van der Waals surface area contributed by atoms with Crippen LogP contribution in [-0.2, 0) is 9.53 Å². The van der Waals surface area contributed by atoms with Crippen LogP contribution in [0.1, 0.15) is 19.0 Å². The van der Waals surface area contributed by atoms with E-state index in [1.807, 2.05) is 25.1 Å². The van der Waals surface area contributed by atoms with Crippen molar-refractivity contribution in [2.75, 3.05) is 32.2 Å². The highest BCUT2D eigenvalue weighted by Gasteiger charge is 2.28. The Bertz CT molecular complexity index is 1110. The van der Waals surface area contributed by atoms with E-state index in [2.05, 4.69) is 10.00 Å². The van der Waals surface area contributed by atoms with E-state index in [4.69, 9.17) is 30.8 Å². The number of nitrogens with zero attached hydrogens (tertiary/aromatic N) is 4. The van der Waals surface area contributed by atoms with Crippen LogP contribution in [0.2, 0.25) is 5.15 Å². The maximum absolute atomic E-state index is 11.3. The molecule has 1 fully saturated rings. The summed E-state index contributed by atoms with van der Waals surface area (Å²) < 4.78 is 17.9. The topological polar surface area (TPSA) is 78.2 Å². The van der Waals surface area contributed by atoms with E-state index in [1.165, 1.54) is 6.92 Å². The third-order valence-electron chi connectivity index (χ3n) is 5.18. The largest absolute Gasteiger partial charge is 0.493 e. The summed E-state index contributed by atoms with van der Waals surface area (Å²) in [6.07, 6.45) is 0.615. The predicted octanol–water partition coefficient (Wildman–Crippen LogP) is 3.52. The van der Waals surface area contributed by atoms with Crippen molar-refractivity contribution in [2.45, 2.75) is 26.4 Å². The van der Waals surface area contributed by atoms with Gasteiger partial charge in [0.2, 0.25) is 0 Å². The van der Waals surface area contributed by atoms with E-state index in [1.54, 1.807) is 24.8 Å². The molecule has 0 aliphatic carbocycles. The summed E-state index contributed by atoms with van der Waals surface area (Å²) in [4.78, 5) is 18.2. The monoisotopic (exact) mass is 430 g/mol. The number of aromatic nitrogens is 3. The molecule has 0 saturated carbocycles. The molecule has 9 heteroatoms. The van der Waals surface area contributed by atoms with Crippen molar-refractivity contribution in [3.63, 3.8) is 0 Å². The molecule has 0 unspecified atom stereocenters. The molecule has 1 saturated heterocycles. The quantitative estimate of drug-likeness (QED) is 0.573. The number of ether oxygens (including phenoxy) is 3. The van der Waals surface area contributed by atoms with Crippen LogP contribution >= 0.6 is 11.6 Å². The van der Waals surface area contributed by atoms with Gasteiger partial charge in [-0.15, -0.1) is 0 Å². The summed E-state index contributed by atoms with van der Waals surface area (Å²) in [6, 6.07) is 7.48. The second-order valence-corrected chi connectivity index (χ2v) is 7.56. The minimum atomic E-state index is -0.271. The fourth-order valence-corrected chi connectivity index (χ4v) is 4.09. The second kappa shape index (κ2) is 8.02. The molecule has 0 bridgehead atoms. The van der Waals surface area contributed by atoms with Gasteiger partial charge < -0.3 is 19.1 Å². The lowest BCUT2D eigenvalue weighted by molar-refractivity contribution is -0.145. The molecule has 3 aromatic rings. The SMILES string of the molecule is COc1ccc(-c2c(C)nc3c(N4CC[C@@H](OC(C)=O)C4)cc(Cl)nn23)cc1OC. The number of carbonyl (C=O) groups excluding carboxylic acids is 1. The number of imidazole rings is 1. The number of fused-ring (bicyclic) bond motifs is 1. The fourth-order valence-electron chi connectivity index (χ4n) is 3.91. The Hall–Kier alpha value is -3.00. The summed E-state index contributed by atoms with van der Waals surface area (Å²) in [6.45, 7) is 4.69. The first kappa shape index (κ1) is 20.3. The number of halogens is 1. The molecule has 1 aromatic carbocycles. The van der Waals surface area contributed by atoms with E-state index < -0.39 is 0 Å². The number of rotatable bonds is 5.